The molecule has 8 heteroatoms. The number of rotatable bonds is 7. The Morgan fingerprint density at radius 2 is 1.69 bits per heavy atom. The number of benzene rings is 3. The molecule has 164 valence electrons. The van der Waals surface area contributed by atoms with Crippen LogP contribution < -0.4 is 5.32 Å². The monoisotopic (exact) mass is 468 g/mol. The van der Waals surface area contributed by atoms with Crippen LogP contribution in [0.25, 0.3) is 16.8 Å². The molecule has 0 aliphatic carbocycles. The van der Waals surface area contributed by atoms with Crippen molar-refractivity contribution in [2.24, 2.45) is 0 Å². The van der Waals surface area contributed by atoms with Crippen LogP contribution in [0, 0.1) is 5.41 Å². The number of nitrogens with one attached hydrogen (secondary N) is 2. The first kappa shape index (κ1) is 23.2. The lowest BCUT2D eigenvalue weighted by atomic mass is 10.0. The van der Waals surface area contributed by atoms with Gasteiger partial charge in [-0.05, 0) is 47.5 Å². The normalized spacial score (nSPS) is 11.7. The van der Waals surface area contributed by atoms with E-state index in [4.69, 9.17) is 17.0 Å². The van der Waals surface area contributed by atoms with Crippen molar-refractivity contribution in [3.05, 3.63) is 89.5 Å². The van der Waals surface area contributed by atoms with Gasteiger partial charge in [0.05, 0.1) is 12.0 Å². The van der Waals surface area contributed by atoms with E-state index >= 15 is 0 Å². The smallest absolute Gasteiger partial charge is 0.356 e. The maximum absolute atomic E-state index is 11.8. The lowest BCUT2D eigenvalue weighted by Crippen LogP contribution is -2.14. The molecule has 3 rings (SSSR count). The predicted octanol–water partition coefficient (Wildman–Crippen LogP) is 5.06. The summed E-state index contributed by atoms with van der Waals surface area (Å²) in [6, 6.07) is 21.1. The Labute approximate surface area is 191 Å². The number of halogens is 1. The Morgan fingerprint density at radius 3 is 2.31 bits per heavy atom. The van der Waals surface area contributed by atoms with Crippen molar-refractivity contribution in [2.45, 2.75) is 4.90 Å². The van der Waals surface area contributed by atoms with Crippen LogP contribution in [0.15, 0.2) is 83.8 Å². The Hall–Kier alpha value is -3.42. The molecule has 0 fully saturated rings. The summed E-state index contributed by atoms with van der Waals surface area (Å²) in [7, 11) is -2.09. The number of carbonyl (C=O) groups is 1. The Morgan fingerprint density at radius 1 is 1.00 bits per heavy atom. The molecular weight excluding hydrogens is 448 g/mol. The Bertz CT molecular complexity index is 1300. The second-order valence-corrected chi connectivity index (χ2v) is 9.37. The first-order chi connectivity index (χ1) is 15.2. The van der Waals surface area contributed by atoms with E-state index in [1.165, 1.54) is 19.4 Å². The summed E-state index contributed by atoms with van der Waals surface area (Å²) in [4.78, 5) is 12.0. The van der Waals surface area contributed by atoms with Gasteiger partial charge in [0.25, 0.3) is 0 Å². The highest BCUT2D eigenvalue weighted by Crippen LogP contribution is 2.28. The Balaban J connectivity index is 1.93. The third kappa shape index (κ3) is 5.63. The zero-order chi connectivity index (χ0) is 23.3. The second-order valence-electron chi connectivity index (χ2n) is 6.95. The number of sulfone groups is 1. The fourth-order valence-corrected chi connectivity index (χ4v) is 3.89. The lowest BCUT2D eigenvalue weighted by molar-refractivity contribution is -0.132. The number of methoxy groups -OCH3 is 1. The molecule has 0 aliphatic heterocycles. The summed E-state index contributed by atoms with van der Waals surface area (Å²) in [6.45, 7) is 0. The van der Waals surface area contributed by atoms with E-state index in [0.29, 0.717) is 22.0 Å². The molecule has 0 spiro atoms. The molecule has 0 radical (unpaired) electrons. The highest BCUT2D eigenvalue weighted by Gasteiger charge is 2.13. The van der Waals surface area contributed by atoms with Crippen molar-refractivity contribution < 1.29 is 17.9 Å². The molecule has 0 aliphatic rings. The summed E-state index contributed by atoms with van der Waals surface area (Å²) >= 11 is 6.32. The minimum Gasteiger partial charge on any atom is -0.464 e. The first-order valence-corrected chi connectivity index (χ1v) is 11.8. The fraction of sp³-hybridized carbons (Fsp3) is 0.0833. The van der Waals surface area contributed by atoms with Crippen molar-refractivity contribution in [3.8, 4) is 11.1 Å². The van der Waals surface area contributed by atoms with Crippen LogP contribution in [-0.2, 0) is 19.4 Å². The zero-order valence-corrected chi connectivity index (χ0v) is 19.0. The summed E-state index contributed by atoms with van der Waals surface area (Å²) in [5.74, 6) is -0.766. The molecule has 0 aromatic heterocycles. The van der Waals surface area contributed by atoms with Crippen molar-refractivity contribution in [1.82, 2.24) is 0 Å². The lowest BCUT2D eigenvalue weighted by Gasteiger charge is -2.14. The van der Waals surface area contributed by atoms with Gasteiger partial charge in [-0.1, -0.05) is 54.1 Å². The van der Waals surface area contributed by atoms with E-state index in [0.717, 1.165) is 11.1 Å². The number of anilines is 1. The number of hydrogen-bond donors (Lipinski definition) is 2. The van der Waals surface area contributed by atoms with Crippen LogP contribution in [0.5, 0.6) is 0 Å². The predicted molar refractivity (Wildman–Crippen MR) is 128 cm³/mol. The molecule has 2 N–H and O–H groups in total. The maximum Gasteiger partial charge on any atom is 0.356 e. The highest BCUT2D eigenvalue weighted by atomic mass is 35.5. The summed E-state index contributed by atoms with van der Waals surface area (Å²) < 4.78 is 28.3. The minimum absolute atomic E-state index is 0.252. The van der Waals surface area contributed by atoms with Gasteiger partial charge in [0.15, 0.2) is 9.84 Å². The van der Waals surface area contributed by atoms with Gasteiger partial charge in [-0.15, -0.1) is 0 Å². The van der Waals surface area contributed by atoms with Crippen LogP contribution >= 0.6 is 11.6 Å². The molecule has 32 heavy (non-hydrogen) atoms. The zero-order valence-electron chi connectivity index (χ0n) is 17.4. The third-order valence-electron chi connectivity index (χ3n) is 4.62. The van der Waals surface area contributed by atoms with Gasteiger partial charge in [-0.2, -0.15) is 0 Å². The van der Waals surface area contributed by atoms with Crippen molar-refractivity contribution in [3.63, 3.8) is 0 Å². The molecule has 0 amide bonds. The van der Waals surface area contributed by atoms with Gasteiger partial charge in [0, 0.05) is 28.2 Å². The van der Waals surface area contributed by atoms with Gasteiger partial charge in [-0.25, -0.2) is 13.2 Å². The molecule has 0 bridgehead atoms. The largest absolute Gasteiger partial charge is 0.464 e. The molecule has 3 aromatic carbocycles. The maximum atomic E-state index is 11.8. The van der Waals surface area contributed by atoms with Crippen molar-refractivity contribution >= 4 is 44.5 Å². The number of hydrogen-bond acceptors (Lipinski definition) is 6. The van der Waals surface area contributed by atoms with E-state index in [1.54, 1.807) is 42.5 Å². The van der Waals surface area contributed by atoms with E-state index < -0.39 is 15.8 Å². The van der Waals surface area contributed by atoms with Crippen LogP contribution in [0.1, 0.15) is 5.56 Å². The van der Waals surface area contributed by atoms with E-state index in [2.05, 4.69) is 10.1 Å². The molecule has 0 atom stereocenters. The number of ether oxygens (including phenoxy) is 1. The number of esters is 1. The van der Waals surface area contributed by atoms with E-state index in [9.17, 15) is 13.2 Å². The molecule has 0 saturated carbocycles. The van der Waals surface area contributed by atoms with Crippen LogP contribution in [0.3, 0.4) is 0 Å². The molecule has 0 unspecified atom stereocenters. The van der Waals surface area contributed by atoms with Gasteiger partial charge in [-0.3, -0.25) is 5.41 Å². The first-order valence-electron chi connectivity index (χ1n) is 9.50. The van der Waals surface area contributed by atoms with Gasteiger partial charge in [0.1, 0.15) is 5.71 Å². The topological polar surface area (TPSA) is 96.3 Å². The van der Waals surface area contributed by atoms with Crippen molar-refractivity contribution in [2.75, 3.05) is 18.7 Å². The average Bonchev–Trinajstić information content (AvgIpc) is 2.78. The summed E-state index contributed by atoms with van der Waals surface area (Å²) in [5.41, 5.74) is 3.05. The molecule has 0 heterocycles. The second kappa shape index (κ2) is 9.80. The molecule has 6 nitrogen and oxygen atoms in total. The Kier molecular flexibility index (Phi) is 7.12. The van der Waals surface area contributed by atoms with E-state index in [1.807, 2.05) is 30.3 Å². The molecular formula is C24H21ClN2O4S. The minimum atomic E-state index is -3.30. The van der Waals surface area contributed by atoms with Gasteiger partial charge in [0.2, 0.25) is 0 Å². The van der Waals surface area contributed by atoms with Crippen LogP contribution in [0.4, 0.5) is 5.69 Å². The van der Waals surface area contributed by atoms with Crippen LogP contribution in [-0.4, -0.2) is 33.5 Å². The van der Waals surface area contributed by atoms with Gasteiger partial charge >= 0.3 is 5.97 Å². The standard InChI is InChI=1S/C24H21ClN2O4S/c1-31-24(28)22(26)15-23(20-8-3-4-9-21(20)25)27-18-12-10-16(11-13-18)17-6-5-7-19(14-17)32(2,29)30/h3-15,26-27H,1-2H3/b23-15-,26-22?. The number of carbonyl (C=O) groups excluding carboxylic acids is 1. The van der Waals surface area contributed by atoms with E-state index in [-0.39, 0.29) is 10.6 Å². The molecule has 3 aromatic rings. The average molecular weight is 469 g/mol. The third-order valence-corrected chi connectivity index (χ3v) is 6.06. The quantitative estimate of drug-likeness (QED) is 0.373. The SMILES string of the molecule is COC(=O)C(=N)/C=C(\Nc1ccc(-c2cccc(S(C)(=O)=O)c2)cc1)c1ccccc1Cl. The highest BCUT2D eigenvalue weighted by molar-refractivity contribution is 7.90. The fourth-order valence-electron chi connectivity index (χ4n) is 2.98. The summed E-state index contributed by atoms with van der Waals surface area (Å²) in [5, 5.41) is 11.6. The van der Waals surface area contributed by atoms with Crippen molar-refractivity contribution in [1.29, 1.82) is 5.41 Å². The van der Waals surface area contributed by atoms with Gasteiger partial charge < -0.3 is 10.1 Å². The molecule has 0 saturated heterocycles. The van der Waals surface area contributed by atoms with Crippen LogP contribution in [0.2, 0.25) is 5.02 Å². The summed E-state index contributed by atoms with van der Waals surface area (Å²) in [6.07, 6.45) is 2.53.